The molecular formula is C21H23N5O. The molecule has 1 amide bonds. The van der Waals surface area contributed by atoms with Gasteiger partial charge in [0.1, 0.15) is 11.6 Å². The maximum atomic E-state index is 12.5. The van der Waals surface area contributed by atoms with E-state index in [-0.39, 0.29) is 11.8 Å². The molecule has 1 unspecified atom stereocenters. The van der Waals surface area contributed by atoms with Gasteiger partial charge in [0.05, 0.1) is 11.4 Å². The molecule has 0 saturated carbocycles. The molecule has 0 spiro atoms. The van der Waals surface area contributed by atoms with Gasteiger partial charge in [-0.1, -0.05) is 25.1 Å². The molecule has 1 aliphatic heterocycles. The zero-order chi connectivity index (χ0) is 19.0. The fraction of sp³-hybridized carbons (Fsp3) is 0.333. The number of aryl methyl sites for hydroxylation is 3. The van der Waals surface area contributed by atoms with Crippen molar-refractivity contribution in [2.45, 2.75) is 46.0 Å². The lowest BCUT2D eigenvalue weighted by Crippen LogP contribution is -2.25. The minimum absolute atomic E-state index is 0.0140. The highest BCUT2D eigenvalue weighted by molar-refractivity contribution is 5.95. The number of benzene rings is 1. The lowest BCUT2D eigenvalue weighted by molar-refractivity contribution is -0.116. The van der Waals surface area contributed by atoms with Gasteiger partial charge in [-0.2, -0.15) is 5.10 Å². The van der Waals surface area contributed by atoms with E-state index in [0.717, 1.165) is 52.6 Å². The molecule has 138 valence electrons. The molecule has 3 heterocycles. The molecule has 6 nitrogen and oxygen atoms in total. The first-order valence-electron chi connectivity index (χ1n) is 9.34. The summed E-state index contributed by atoms with van der Waals surface area (Å²) in [4.78, 5) is 21.4. The number of hydrogen-bond donors (Lipinski definition) is 1. The van der Waals surface area contributed by atoms with Gasteiger partial charge >= 0.3 is 0 Å². The van der Waals surface area contributed by atoms with Crippen molar-refractivity contribution in [3.05, 3.63) is 64.9 Å². The summed E-state index contributed by atoms with van der Waals surface area (Å²) in [6, 6.07) is 8.04. The topological polar surface area (TPSA) is 72.7 Å². The number of anilines is 1. The Morgan fingerprint density at radius 2 is 1.93 bits per heavy atom. The van der Waals surface area contributed by atoms with Gasteiger partial charge in [0.2, 0.25) is 5.91 Å². The molecule has 0 aliphatic carbocycles. The summed E-state index contributed by atoms with van der Waals surface area (Å²) in [6.07, 6.45) is 5.97. The van der Waals surface area contributed by atoms with E-state index in [2.05, 4.69) is 22.2 Å². The van der Waals surface area contributed by atoms with E-state index in [4.69, 9.17) is 5.10 Å². The smallest absolute Gasteiger partial charge is 0.226 e. The average Bonchev–Trinajstić information content (AvgIpc) is 2.99. The van der Waals surface area contributed by atoms with Gasteiger partial charge in [-0.3, -0.25) is 4.79 Å². The number of rotatable bonds is 4. The van der Waals surface area contributed by atoms with E-state index in [1.54, 1.807) is 0 Å². The Morgan fingerprint density at radius 1 is 1.19 bits per heavy atom. The molecule has 27 heavy (non-hydrogen) atoms. The number of carbonyl (C=O) groups is 1. The molecular weight excluding hydrogens is 338 g/mol. The lowest BCUT2D eigenvalue weighted by Gasteiger charge is -2.24. The van der Waals surface area contributed by atoms with Crippen LogP contribution in [0.4, 0.5) is 5.82 Å². The minimum Gasteiger partial charge on any atom is -0.310 e. The SMILES string of the molecule is CCCc1ncc(C2CC(=O)Nc3c2c(C)nn3-c2ccccc2C)cn1. The van der Waals surface area contributed by atoms with Crippen LogP contribution >= 0.6 is 0 Å². The van der Waals surface area contributed by atoms with E-state index in [0.29, 0.717) is 6.42 Å². The van der Waals surface area contributed by atoms with Gasteiger partial charge in [-0.15, -0.1) is 0 Å². The van der Waals surface area contributed by atoms with Crippen molar-refractivity contribution in [3.8, 4) is 5.69 Å². The zero-order valence-corrected chi connectivity index (χ0v) is 15.9. The van der Waals surface area contributed by atoms with Crippen LogP contribution in [0, 0.1) is 13.8 Å². The Balaban J connectivity index is 1.81. The predicted molar refractivity (Wildman–Crippen MR) is 104 cm³/mol. The number of carbonyl (C=O) groups excluding carboxylic acids is 1. The first-order valence-corrected chi connectivity index (χ1v) is 9.34. The highest BCUT2D eigenvalue weighted by Crippen LogP contribution is 2.40. The largest absolute Gasteiger partial charge is 0.310 e. The average molecular weight is 361 g/mol. The van der Waals surface area contributed by atoms with Crippen LogP contribution in [0.5, 0.6) is 0 Å². The molecule has 1 aromatic carbocycles. The van der Waals surface area contributed by atoms with Gasteiger partial charge in [-0.05, 0) is 37.5 Å². The van der Waals surface area contributed by atoms with Crippen LogP contribution in [0.2, 0.25) is 0 Å². The van der Waals surface area contributed by atoms with Gasteiger partial charge in [0, 0.05) is 36.7 Å². The Morgan fingerprint density at radius 3 is 2.63 bits per heavy atom. The van der Waals surface area contributed by atoms with E-state index in [9.17, 15) is 4.79 Å². The minimum atomic E-state index is -0.0813. The van der Waals surface area contributed by atoms with Crippen molar-refractivity contribution in [1.82, 2.24) is 19.7 Å². The van der Waals surface area contributed by atoms with Crippen molar-refractivity contribution in [2.75, 3.05) is 5.32 Å². The second-order valence-electron chi connectivity index (χ2n) is 7.03. The first-order chi connectivity index (χ1) is 13.1. The van der Waals surface area contributed by atoms with E-state index >= 15 is 0 Å². The van der Waals surface area contributed by atoms with E-state index in [1.165, 1.54) is 0 Å². The van der Waals surface area contributed by atoms with Crippen molar-refractivity contribution in [2.24, 2.45) is 0 Å². The molecule has 0 saturated heterocycles. The summed E-state index contributed by atoms with van der Waals surface area (Å²) in [5.41, 5.74) is 4.99. The summed E-state index contributed by atoms with van der Waals surface area (Å²) in [6.45, 7) is 6.14. The summed E-state index contributed by atoms with van der Waals surface area (Å²) in [5.74, 6) is 1.50. The Kier molecular flexibility index (Phi) is 4.48. The van der Waals surface area contributed by atoms with Gasteiger partial charge in [0.15, 0.2) is 0 Å². The molecule has 1 atom stereocenters. The van der Waals surface area contributed by atoms with Gasteiger partial charge < -0.3 is 5.32 Å². The first kappa shape index (κ1) is 17.4. The maximum absolute atomic E-state index is 12.5. The van der Waals surface area contributed by atoms with Crippen LogP contribution in [0.1, 0.15) is 53.9 Å². The van der Waals surface area contributed by atoms with Crippen molar-refractivity contribution >= 4 is 11.7 Å². The molecule has 6 heteroatoms. The molecule has 2 aromatic heterocycles. The van der Waals surface area contributed by atoms with Crippen molar-refractivity contribution in [3.63, 3.8) is 0 Å². The Labute approximate surface area is 158 Å². The van der Waals surface area contributed by atoms with Crippen molar-refractivity contribution in [1.29, 1.82) is 0 Å². The number of nitrogens with zero attached hydrogens (tertiary/aromatic N) is 4. The number of aromatic nitrogens is 4. The standard InChI is InChI=1S/C21H23N5O/c1-4-7-18-22-11-15(12-23-18)16-10-19(27)24-21-20(16)14(3)25-26(21)17-9-6-5-8-13(17)2/h5-6,8-9,11-12,16H,4,7,10H2,1-3H3,(H,24,27). The number of para-hydroxylation sites is 1. The van der Waals surface area contributed by atoms with Crippen LogP contribution in [0.15, 0.2) is 36.7 Å². The summed E-state index contributed by atoms with van der Waals surface area (Å²) < 4.78 is 1.84. The van der Waals surface area contributed by atoms with E-state index < -0.39 is 0 Å². The Bertz CT molecular complexity index is 990. The summed E-state index contributed by atoms with van der Waals surface area (Å²) in [7, 11) is 0. The molecule has 0 fully saturated rings. The molecule has 3 aromatic rings. The van der Waals surface area contributed by atoms with Crippen LogP contribution in [-0.2, 0) is 11.2 Å². The maximum Gasteiger partial charge on any atom is 0.226 e. The van der Waals surface area contributed by atoms with Gasteiger partial charge in [0.25, 0.3) is 0 Å². The molecule has 0 bridgehead atoms. The lowest BCUT2D eigenvalue weighted by atomic mass is 9.87. The third-order valence-corrected chi connectivity index (χ3v) is 5.05. The molecule has 0 radical (unpaired) electrons. The normalized spacial score (nSPS) is 16.1. The number of fused-ring (bicyclic) bond motifs is 1. The van der Waals surface area contributed by atoms with Crippen LogP contribution in [0.25, 0.3) is 5.69 Å². The van der Waals surface area contributed by atoms with Gasteiger partial charge in [-0.25, -0.2) is 14.6 Å². The second-order valence-corrected chi connectivity index (χ2v) is 7.03. The molecule has 1 aliphatic rings. The predicted octanol–water partition coefficient (Wildman–Crippen LogP) is 3.71. The molecule has 4 rings (SSSR count). The zero-order valence-electron chi connectivity index (χ0n) is 15.9. The van der Waals surface area contributed by atoms with Crippen LogP contribution in [-0.4, -0.2) is 25.7 Å². The van der Waals surface area contributed by atoms with Crippen molar-refractivity contribution < 1.29 is 4.79 Å². The highest BCUT2D eigenvalue weighted by atomic mass is 16.1. The number of nitrogens with one attached hydrogen (secondary N) is 1. The Hall–Kier alpha value is -3.02. The third-order valence-electron chi connectivity index (χ3n) is 5.05. The van der Waals surface area contributed by atoms with Crippen LogP contribution in [0.3, 0.4) is 0 Å². The van der Waals surface area contributed by atoms with E-state index in [1.807, 2.05) is 55.2 Å². The summed E-state index contributed by atoms with van der Waals surface area (Å²) in [5, 5.41) is 7.77. The quantitative estimate of drug-likeness (QED) is 0.769. The summed E-state index contributed by atoms with van der Waals surface area (Å²) >= 11 is 0. The van der Waals surface area contributed by atoms with Crippen LogP contribution < -0.4 is 5.32 Å². The third kappa shape index (κ3) is 3.12. The second kappa shape index (κ2) is 6.95. The number of hydrogen-bond acceptors (Lipinski definition) is 4. The fourth-order valence-corrected chi connectivity index (χ4v) is 3.70. The monoisotopic (exact) mass is 361 g/mol. The highest BCUT2D eigenvalue weighted by Gasteiger charge is 2.33. The molecule has 1 N–H and O–H groups in total. The number of amides is 1. The fourth-order valence-electron chi connectivity index (χ4n) is 3.70.